The minimum absolute atomic E-state index is 0.0238. The van der Waals surface area contributed by atoms with Crippen molar-refractivity contribution in [3.8, 4) is 0 Å². The highest BCUT2D eigenvalue weighted by atomic mass is 16.5. The maximum atomic E-state index is 12.5. The summed E-state index contributed by atoms with van der Waals surface area (Å²) in [5.74, 6) is 2.05. The number of rotatable bonds is 2. The summed E-state index contributed by atoms with van der Waals surface area (Å²) in [4.78, 5) is 24.3. The smallest absolute Gasteiger partial charge is 0.309 e. The van der Waals surface area contributed by atoms with Crippen LogP contribution >= 0.6 is 0 Å². The zero-order chi connectivity index (χ0) is 17.8. The van der Waals surface area contributed by atoms with E-state index in [0.29, 0.717) is 24.4 Å². The van der Waals surface area contributed by atoms with Crippen molar-refractivity contribution in [2.45, 2.75) is 65.3 Å². The fourth-order valence-corrected chi connectivity index (χ4v) is 6.96. The Labute approximate surface area is 150 Å². The average molecular weight is 345 g/mol. The molecule has 0 aromatic heterocycles. The lowest BCUT2D eigenvalue weighted by atomic mass is 9.48. The molecule has 1 amide bonds. The first-order valence-corrected chi connectivity index (χ1v) is 10.1. The van der Waals surface area contributed by atoms with Gasteiger partial charge in [-0.3, -0.25) is 9.59 Å². The Hall–Kier alpha value is -1.32. The molecule has 1 N–H and O–H groups in total. The number of carbonyl (C=O) groups excluding carboxylic acids is 2. The molecule has 0 aromatic rings. The molecule has 0 radical (unpaired) electrons. The lowest BCUT2D eigenvalue weighted by Crippen LogP contribution is -2.59. The zero-order valence-electron chi connectivity index (χ0n) is 15.7. The van der Waals surface area contributed by atoms with E-state index in [1.807, 2.05) is 6.92 Å². The molecule has 0 bridgehead atoms. The molecule has 1 heterocycles. The first-order chi connectivity index (χ1) is 11.9. The number of nitrogens with one attached hydrogen (secondary N) is 1. The Balaban J connectivity index is 1.61. The Bertz CT molecular complexity index is 614. The van der Waals surface area contributed by atoms with Gasteiger partial charge in [-0.05, 0) is 74.7 Å². The number of esters is 1. The molecule has 4 aliphatic rings. The molecule has 5 unspecified atom stereocenters. The molecule has 0 saturated heterocycles. The van der Waals surface area contributed by atoms with Gasteiger partial charge in [0.25, 0.3) is 0 Å². The fraction of sp³-hybridized carbons (Fsp3) is 0.810. The highest BCUT2D eigenvalue weighted by molar-refractivity contribution is 5.89. The van der Waals surface area contributed by atoms with Crippen molar-refractivity contribution in [3.05, 3.63) is 12.2 Å². The SMILES string of the molecule is CCOC(=O)C1CCC2C3CCC4NC(=O)C=C[C@]4(C)C3CC[C@]12C. The van der Waals surface area contributed by atoms with Crippen molar-refractivity contribution >= 4 is 11.9 Å². The summed E-state index contributed by atoms with van der Waals surface area (Å²) in [6.07, 6.45) is 10.6. The lowest BCUT2D eigenvalue weighted by molar-refractivity contribution is -0.156. The molecule has 4 heteroatoms. The van der Waals surface area contributed by atoms with Gasteiger partial charge in [-0.25, -0.2) is 0 Å². The van der Waals surface area contributed by atoms with E-state index in [-0.39, 0.29) is 34.7 Å². The van der Waals surface area contributed by atoms with Crippen LogP contribution in [0.5, 0.6) is 0 Å². The third-order valence-electron chi connectivity index (χ3n) is 8.26. The summed E-state index contributed by atoms with van der Waals surface area (Å²) in [6, 6.07) is 0.276. The Kier molecular flexibility index (Phi) is 4.01. The molecule has 0 spiro atoms. The van der Waals surface area contributed by atoms with Gasteiger partial charge in [0.2, 0.25) is 5.91 Å². The van der Waals surface area contributed by atoms with Crippen LogP contribution in [0, 0.1) is 34.5 Å². The van der Waals surface area contributed by atoms with Crippen molar-refractivity contribution in [3.63, 3.8) is 0 Å². The van der Waals surface area contributed by atoms with E-state index in [2.05, 4.69) is 25.2 Å². The van der Waals surface area contributed by atoms with Gasteiger partial charge in [0.05, 0.1) is 12.5 Å². The number of hydrogen-bond acceptors (Lipinski definition) is 3. The third kappa shape index (κ3) is 2.39. The van der Waals surface area contributed by atoms with Gasteiger partial charge in [-0.1, -0.05) is 19.9 Å². The summed E-state index contributed by atoms with van der Waals surface area (Å²) >= 11 is 0. The van der Waals surface area contributed by atoms with Gasteiger partial charge in [-0.2, -0.15) is 0 Å². The molecule has 3 fully saturated rings. The van der Waals surface area contributed by atoms with E-state index in [4.69, 9.17) is 4.74 Å². The molecule has 138 valence electrons. The van der Waals surface area contributed by atoms with Gasteiger partial charge in [0.1, 0.15) is 0 Å². The van der Waals surface area contributed by atoms with Crippen molar-refractivity contribution in [2.24, 2.45) is 34.5 Å². The van der Waals surface area contributed by atoms with E-state index >= 15 is 0 Å². The van der Waals surface area contributed by atoms with Crippen molar-refractivity contribution < 1.29 is 14.3 Å². The van der Waals surface area contributed by atoms with Gasteiger partial charge in [0.15, 0.2) is 0 Å². The van der Waals surface area contributed by atoms with Crippen molar-refractivity contribution in [1.29, 1.82) is 0 Å². The van der Waals surface area contributed by atoms with E-state index < -0.39 is 0 Å². The largest absolute Gasteiger partial charge is 0.466 e. The van der Waals surface area contributed by atoms with E-state index in [0.717, 1.165) is 32.1 Å². The number of ether oxygens (including phenoxy) is 1. The Morgan fingerprint density at radius 3 is 2.76 bits per heavy atom. The predicted octanol–water partition coefficient (Wildman–Crippen LogP) is 3.46. The van der Waals surface area contributed by atoms with Gasteiger partial charge in [0, 0.05) is 11.5 Å². The highest BCUT2D eigenvalue weighted by Gasteiger charge is 2.61. The second-order valence-corrected chi connectivity index (χ2v) is 9.14. The Morgan fingerprint density at radius 2 is 2.00 bits per heavy atom. The molecular formula is C21H31NO3. The maximum Gasteiger partial charge on any atom is 0.309 e. The molecule has 25 heavy (non-hydrogen) atoms. The predicted molar refractivity (Wildman–Crippen MR) is 95.6 cm³/mol. The molecule has 7 atom stereocenters. The van der Waals surface area contributed by atoms with Crippen LogP contribution in [0.25, 0.3) is 0 Å². The number of carbonyl (C=O) groups is 2. The first kappa shape index (κ1) is 17.1. The lowest BCUT2D eigenvalue weighted by Gasteiger charge is -2.58. The van der Waals surface area contributed by atoms with Crippen LogP contribution in [0.15, 0.2) is 12.2 Å². The first-order valence-electron chi connectivity index (χ1n) is 10.1. The minimum atomic E-state index is 0.0238. The number of amides is 1. The second-order valence-electron chi connectivity index (χ2n) is 9.14. The van der Waals surface area contributed by atoms with Gasteiger partial charge >= 0.3 is 5.97 Å². The molecule has 4 rings (SSSR count). The zero-order valence-corrected chi connectivity index (χ0v) is 15.7. The molecule has 1 aliphatic heterocycles. The molecule has 4 nitrogen and oxygen atoms in total. The van der Waals surface area contributed by atoms with Crippen LogP contribution in [0.3, 0.4) is 0 Å². The van der Waals surface area contributed by atoms with Crippen LogP contribution in [-0.2, 0) is 14.3 Å². The van der Waals surface area contributed by atoms with Crippen molar-refractivity contribution in [2.75, 3.05) is 6.61 Å². The van der Waals surface area contributed by atoms with Crippen LogP contribution in [0.4, 0.5) is 0 Å². The molecule has 3 aliphatic carbocycles. The summed E-state index contributed by atoms with van der Waals surface area (Å²) < 4.78 is 5.40. The fourth-order valence-electron chi connectivity index (χ4n) is 6.96. The number of hydrogen-bond donors (Lipinski definition) is 1. The minimum Gasteiger partial charge on any atom is -0.466 e. The Morgan fingerprint density at radius 1 is 1.20 bits per heavy atom. The summed E-state index contributed by atoms with van der Waals surface area (Å²) in [5, 5.41) is 3.20. The van der Waals surface area contributed by atoms with Gasteiger partial charge < -0.3 is 10.1 Å². The summed E-state index contributed by atoms with van der Waals surface area (Å²) in [5.41, 5.74) is 0.165. The topological polar surface area (TPSA) is 55.4 Å². The average Bonchev–Trinajstić information content (AvgIpc) is 2.93. The third-order valence-corrected chi connectivity index (χ3v) is 8.26. The monoisotopic (exact) mass is 345 g/mol. The maximum absolute atomic E-state index is 12.5. The second kappa shape index (κ2) is 5.85. The molecule has 0 aromatic carbocycles. The van der Waals surface area contributed by atoms with Crippen LogP contribution in [0.2, 0.25) is 0 Å². The summed E-state index contributed by atoms with van der Waals surface area (Å²) in [7, 11) is 0. The van der Waals surface area contributed by atoms with E-state index in [1.165, 1.54) is 6.42 Å². The van der Waals surface area contributed by atoms with Crippen LogP contribution in [0.1, 0.15) is 59.3 Å². The van der Waals surface area contributed by atoms with Crippen molar-refractivity contribution in [1.82, 2.24) is 5.32 Å². The molecule has 3 saturated carbocycles. The quantitative estimate of drug-likeness (QED) is 0.780. The standard InChI is InChI=1S/C21H31NO3/c1-4-25-19(24)16-7-6-14-13-5-8-17-21(3,12-10-18(23)22-17)15(13)9-11-20(14,16)2/h10,12-17H,4-9,11H2,1-3H3,(H,22,23)/t13?,14?,15?,16?,17?,20-,21+/m0/s1. The van der Waals surface area contributed by atoms with E-state index in [1.54, 1.807) is 6.08 Å². The van der Waals surface area contributed by atoms with Crippen LogP contribution < -0.4 is 5.32 Å². The number of fused-ring (bicyclic) bond motifs is 5. The van der Waals surface area contributed by atoms with Crippen LogP contribution in [-0.4, -0.2) is 24.5 Å². The van der Waals surface area contributed by atoms with Gasteiger partial charge in [-0.15, -0.1) is 0 Å². The summed E-state index contributed by atoms with van der Waals surface area (Å²) in [6.45, 7) is 7.06. The van der Waals surface area contributed by atoms with E-state index in [9.17, 15) is 9.59 Å². The molecular weight excluding hydrogens is 314 g/mol. The normalized spacial score (nSPS) is 48.1. The highest BCUT2D eigenvalue weighted by Crippen LogP contribution is 2.65.